The molecule has 0 saturated heterocycles. The zero-order valence-electron chi connectivity index (χ0n) is 14.1. The predicted molar refractivity (Wildman–Crippen MR) is 93.5 cm³/mol. The van der Waals surface area contributed by atoms with Crippen LogP contribution in [0.3, 0.4) is 0 Å². The predicted octanol–water partition coefficient (Wildman–Crippen LogP) is 3.83. The van der Waals surface area contributed by atoms with Gasteiger partial charge in [-0.15, -0.1) is 0 Å². The van der Waals surface area contributed by atoms with Crippen LogP contribution in [0.4, 0.5) is 0 Å². The minimum absolute atomic E-state index is 0.0498. The van der Waals surface area contributed by atoms with Crippen LogP contribution in [0.1, 0.15) is 43.4 Å². The summed E-state index contributed by atoms with van der Waals surface area (Å²) >= 11 is 0. The zero-order chi connectivity index (χ0) is 16.9. The third kappa shape index (κ3) is 3.88. The lowest BCUT2D eigenvalue weighted by molar-refractivity contribution is -0.122. The fraction of sp³-hybridized carbons (Fsp3) is 0.350. The van der Waals surface area contributed by atoms with Gasteiger partial charge in [0.25, 0.3) is 0 Å². The fourth-order valence-corrected chi connectivity index (χ4v) is 2.89. The van der Waals surface area contributed by atoms with Crippen molar-refractivity contribution in [2.45, 2.75) is 32.2 Å². The molecule has 2 aromatic rings. The van der Waals surface area contributed by atoms with Crippen LogP contribution in [0.2, 0.25) is 0 Å². The van der Waals surface area contributed by atoms with E-state index in [9.17, 15) is 4.79 Å². The number of fused-ring (bicyclic) bond motifs is 1. The number of nitrogens with one attached hydrogen (secondary N) is 1. The highest BCUT2D eigenvalue weighted by atomic mass is 16.6. The fourth-order valence-electron chi connectivity index (χ4n) is 2.89. The molecule has 0 unspecified atom stereocenters. The van der Waals surface area contributed by atoms with Gasteiger partial charge < -0.3 is 14.8 Å². The smallest absolute Gasteiger partial charge is 0.221 e. The number of ether oxygens (including phenoxy) is 2. The largest absolute Gasteiger partial charge is 0.486 e. The van der Waals surface area contributed by atoms with E-state index < -0.39 is 0 Å². The van der Waals surface area contributed by atoms with Crippen molar-refractivity contribution in [3.63, 3.8) is 0 Å². The second-order valence-electron chi connectivity index (χ2n) is 6.21. The summed E-state index contributed by atoms with van der Waals surface area (Å²) in [6, 6.07) is 15.8. The molecule has 4 heteroatoms. The monoisotopic (exact) mass is 325 g/mol. The maximum absolute atomic E-state index is 12.3. The first-order valence-corrected chi connectivity index (χ1v) is 8.37. The molecule has 1 aliphatic rings. The SMILES string of the molecule is C[C@H](CC(=O)N[C@H](C)c1ccc2c(c1)OCCO2)c1ccccc1. The number of carbonyl (C=O) groups is 1. The number of hydrogen-bond donors (Lipinski definition) is 1. The van der Waals surface area contributed by atoms with E-state index in [0.29, 0.717) is 19.6 Å². The summed E-state index contributed by atoms with van der Waals surface area (Å²) < 4.78 is 11.1. The Balaban J connectivity index is 1.60. The van der Waals surface area contributed by atoms with Gasteiger partial charge in [0, 0.05) is 6.42 Å². The maximum Gasteiger partial charge on any atom is 0.221 e. The van der Waals surface area contributed by atoms with E-state index in [-0.39, 0.29) is 17.9 Å². The summed E-state index contributed by atoms with van der Waals surface area (Å²) in [6.45, 7) is 5.20. The first kappa shape index (κ1) is 16.4. The minimum Gasteiger partial charge on any atom is -0.486 e. The third-order valence-corrected chi connectivity index (χ3v) is 4.30. The summed E-state index contributed by atoms with van der Waals surface area (Å²) in [6.07, 6.45) is 0.471. The summed E-state index contributed by atoms with van der Waals surface area (Å²) in [4.78, 5) is 12.3. The second-order valence-corrected chi connectivity index (χ2v) is 6.21. The van der Waals surface area contributed by atoms with Crippen LogP contribution in [-0.2, 0) is 4.79 Å². The number of carbonyl (C=O) groups excluding carboxylic acids is 1. The summed E-state index contributed by atoms with van der Waals surface area (Å²) in [5.41, 5.74) is 2.19. The second kappa shape index (κ2) is 7.39. The van der Waals surface area contributed by atoms with Crippen LogP contribution in [-0.4, -0.2) is 19.1 Å². The first-order chi connectivity index (χ1) is 11.6. The first-order valence-electron chi connectivity index (χ1n) is 8.37. The van der Waals surface area contributed by atoms with Gasteiger partial charge in [0.15, 0.2) is 11.5 Å². The highest BCUT2D eigenvalue weighted by molar-refractivity contribution is 5.77. The molecule has 1 amide bonds. The number of amides is 1. The van der Waals surface area contributed by atoms with E-state index in [0.717, 1.165) is 17.1 Å². The molecule has 3 rings (SSSR count). The van der Waals surface area contributed by atoms with Crippen molar-refractivity contribution in [2.24, 2.45) is 0 Å². The van der Waals surface area contributed by atoms with Crippen LogP contribution in [0, 0.1) is 0 Å². The lowest BCUT2D eigenvalue weighted by Crippen LogP contribution is -2.27. The number of benzene rings is 2. The Morgan fingerprint density at radius 3 is 2.46 bits per heavy atom. The summed E-state index contributed by atoms with van der Waals surface area (Å²) in [7, 11) is 0. The average Bonchev–Trinajstić information content (AvgIpc) is 2.61. The minimum atomic E-state index is -0.0729. The third-order valence-electron chi connectivity index (χ3n) is 4.30. The van der Waals surface area contributed by atoms with E-state index in [1.165, 1.54) is 5.56 Å². The van der Waals surface area contributed by atoms with Gasteiger partial charge in [-0.2, -0.15) is 0 Å². The Morgan fingerprint density at radius 2 is 1.71 bits per heavy atom. The van der Waals surface area contributed by atoms with E-state index in [1.807, 2.05) is 43.3 Å². The van der Waals surface area contributed by atoms with Gasteiger partial charge in [0.1, 0.15) is 13.2 Å². The van der Waals surface area contributed by atoms with Gasteiger partial charge in [0.05, 0.1) is 6.04 Å². The Kier molecular flexibility index (Phi) is 5.04. The molecule has 126 valence electrons. The molecule has 0 fully saturated rings. The van der Waals surface area contributed by atoms with Crippen molar-refractivity contribution in [3.05, 3.63) is 59.7 Å². The normalized spacial score (nSPS) is 15.4. The van der Waals surface area contributed by atoms with Crippen LogP contribution >= 0.6 is 0 Å². The molecule has 4 nitrogen and oxygen atoms in total. The Hall–Kier alpha value is -2.49. The Morgan fingerprint density at radius 1 is 1.00 bits per heavy atom. The average molecular weight is 325 g/mol. The van der Waals surface area contributed by atoms with E-state index in [4.69, 9.17) is 9.47 Å². The molecule has 0 saturated carbocycles. The van der Waals surface area contributed by atoms with Crippen molar-refractivity contribution >= 4 is 5.91 Å². The number of hydrogen-bond acceptors (Lipinski definition) is 3. The van der Waals surface area contributed by atoms with Gasteiger partial charge in [0.2, 0.25) is 5.91 Å². The van der Waals surface area contributed by atoms with E-state index >= 15 is 0 Å². The van der Waals surface area contributed by atoms with Crippen LogP contribution in [0.5, 0.6) is 11.5 Å². The highest BCUT2D eigenvalue weighted by Gasteiger charge is 2.17. The maximum atomic E-state index is 12.3. The molecular weight excluding hydrogens is 302 g/mol. The molecule has 0 bridgehead atoms. The molecule has 1 heterocycles. The molecule has 1 N–H and O–H groups in total. The molecule has 2 aromatic carbocycles. The standard InChI is InChI=1S/C20H23NO3/c1-14(16-6-4-3-5-7-16)12-20(22)21-15(2)17-8-9-18-19(13-17)24-11-10-23-18/h3-9,13-15H,10-12H2,1-2H3,(H,21,22)/t14-,15-/m1/s1. The van der Waals surface area contributed by atoms with Crippen molar-refractivity contribution in [2.75, 3.05) is 13.2 Å². The van der Waals surface area contributed by atoms with Crippen LogP contribution < -0.4 is 14.8 Å². The van der Waals surface area contributed by atoms with Crippen molar-refractivity contribution in [1.82, 2.24) is 5.32 Å². The summed E-state index contributed by atoms with van der Waals surface area (Å²) in [5, 5.41) is 3.07. The van der Waals surface area contributed by atoms with E-state index in [1.54, 1.807) is 0 Å². The molecule has 1 aliphatic heterocycles. The molecule has 2 atom stereocenters. The molecule has 0 aliphatic carbocycles. The van der Waals surface area contributed by atoms with Gasteiger partial charge in [-0.3, -0.25) is 4.79 Å². The van der Waals surface area contributed by atoms with Gasteiger partial charge in [-0.05, 0) is 36.1 Å². The van der Waals surface area contributed by atoms with Crippen molar-refractivity contribution in [3.8, 4) is 11.5 Å². The molecule has 0 aromatic heterocycles. The van der Waals surface area contributed by atoms with E-state index in [2.05, 4.69) is 24.4 Å². The zero-order valence-corrected chi connectivity index (χ0v) is 14.1. The lowest BCUT2D eigenvalue weighted by Gasteiger charge is -2.21. The quantitative estimate of drug-likeness (QED) is 0.909. The molecule has 0 radical (unpaired) electrons. The number of rotatable bonds is 5. The molecular formula is C20H23NO3. The van der Waals surface area contributed by atoms with Gasteiger partial charge in [-0.25, -0.2) is 0 Å². The topological polar surface area (TPSA) is 47.6 Å². The van der Waals surface area contributed by atoms with Gasteiger partial charge >= 0.3 is 0 Å². The Labute approximate surface area is 142 Å². The molecule has 24 heavy (non-hydrogen) atoms. The van der Waals surface area contributed by atoms with Crippen molar-refractivity contribution in [1.29, 1.82) is 0 Å². The van der Waals surface area contributed by atoms with Gasteiger partial charge in [-0.1, -0.05) is 43.3 Å². The van der Waals surface area contributed by atoms with Crippen molar-refractivity contribution < 1.29 is 14.3 Å². The van der Waals surface area contributed by atoms with Crippen LogP contribution in [0.15, 0.2) is 48.5 Å². The Bertz CT molecular complexity index is 699. The highest BCUT2D eigenvalue weighted by Crippen LogP contribution is 2.32. The molecule has 0 spiro atoms. The lowest BCUT2D eigenvalue weighted by atomic mass is 9.97. The van der Waals surface area contributed by atoms with Crippen LogP contribution in [0.25, 0.3) is 0 Å². The summed E-state index contributed by atoms with van der Waals surface area (Å²) in [5.74, 6) is 1.76.